The van der Waals surface area contributed by atoms with E-state index in [1.807, 2.05) is 0 Å². The average Bonchev–Trinajstić information content (AvgIpc) is 2.52. The minimum atomic E-state index is -0.968. The molecule has 126 valence electrons. The number of hydrogen-bond donors (Lipinski definition) is 3. The Morgan fingerprint density at radius 3 is 2.39 bits per heavy atom. The maximum absolute atomic E-state index is 11.9. The summed E-state index contributed by atoms with van der Waals surface area (Å²) >= 11 is 5.77. The van der Waals surface area contributed by atoms with Gasteiger partial charge in [-0.3, -0.25) is 9.59 Å². The van der Waals surface area contributed by atoms with Gasteiger partial charge in [0.05, 0.1) is 13.0 Å². The van der Waals surface area contributed by atoms with Crippen LogP contribution in [0.4, 0.5) is 4.79 Å². The fourth-order valence-electron chi connectivity index (χ4n) is 1.80. The highest BCUT2D eigenvalue weighted by atomic mass is 35.5. The molecule has 0 aromatic heterocycles. The van der Waals surface area contributed by atoms with Crippen LogP contribution in [-0.2, 0) is 16.1 Å². The summed E-state index contributed by atoms with van der Waals surface area (Å²) < 4.78 is 0. The monoisotopic (exact) mass is 341 g/mol. The van der Waals surface area contributed by atoms with E-state index in [4.69, 9.17) is 16.7 Å². The number of carbonyl (C=O) groups is 3. The highest BCUT2D eigenvalue weighted by Crippen LogP contribution is 2.08. The molecule has 23 heavy (non-hydrogen) atoms. The van der Waals surface area contributed by atoms with Gasteiger partial charge in [-0.2, -0.15) is 0 Å². The van der Waals surface area contributed by atoms with E-state index in [-0.39, 0.29) is 25.4 Å². The smallest absolute Gasteiger partial charge is 0.315 e. The van der Waals surface area contributed by atoms with E-state index in [1.54, 1.807) is 31.2 Å². The molecule has 0 spiro atoms. The molecule has 0 aliphatic rings. The Morgan fingerprint density at radius 2 is 1.83 bits per heavy atom. The average molecular weight is 342 g/mol. The number of nitrogens with zero attached hydrogens (tertiary/aromatic N) is 1. The van der Waals surface area contributed by atoms with Crippen molar-refractivity contribution >= 4 is 29.5 Å². The highest BCUT2D eigenvalue weighted by Gasteiger charge is 2.13. The third-order valence-electron chi connectivity index (χ3n) is 3.10. The van der Waals surface area contributed by atoms with Gasteiger partial charge in [0.25, 0.3) is 0 Å². The van der Waals surface area contributed by atoms with Crippen molar-refractivity contribution in [1.29, 1.82) is 0 Å². The lowest BCUT2D eigenvalue weighted by Crippen LogP contribution is -2.44. The summed E-state index contributed by atoms with van der Waals surface area (Å²) in [4.78, 5) is 35.4. The van der Waals surface area contributed by atoms with E-state index >= 15 is 0 Å². The molecule has 8 heteroatoms. The standard InChI is InChI=1S/C15H20ClN3O4/c1-2-19(8-7-14(21)22)13(20)10-18-15(23)17-9-11-3-5-12(16)6-4-11/h3-6H,2,7-10H2,1H3,(H,21,22)(H2,17,18,23). The van der Waals surface area contributed by atoms with Crippen LogP contribution in [0.1, 0.15) is 18.9 Å². The van der Waals surface area contributed by atoms with Gasteiger partial charge >= 0.3 is 12.0 Å². The molecule has 1 aromatic carbocycles. The Bertz CT molecular complexity index is 548. The Kier molecular flexibility index (Phi) is 7.90. The molecular weight excluding hydrogens is 322 g/mol. The lowest BCUT2D eigenvalue weighted by atomic mass is 10.2. The number of carboxylic acids is 1. The molecule has 7 nitrogen and oxygen atoms in total. The molecule has 0 saturated heterocycles. The minimum absolute atomic E-state index is 0.123. The van der Waals surface area contributed by atoms with E-state index in [2.05, 4.69) is 10.6 Å². The topological polar surface area (TPSA) is 98.7 Å². The Balaban J connectivity index is 2.32. The maximum Gasteiger partial charge on any atom is 0.315 e. The Hall–Kier alpha value is -2.28. The molecule has 0 aliphatic heterocycles. The largest absolute Gasteiger partial charge is 0.481 e. The van der Waals surface area contributed by atoms with Crippen LogP contribution in [-0.4, -0.2) is 47.5 Å². The Morgan fingerprint density at radius 1 is 1.17 bits per heavy atom. The number of carbonyl (C=O) groups excluding carboxylic acids is 2. The molecule has 3 amide bonds. The van der Waals surface area contributed by atoms with Crippen molar-refractivity contribution in [1.82, 2.24) is 15.5 Å². The quantitative estimate of drug-likeness (QED) is 0.666. The summed E-state index contributed by atoms with van der Waals surface area (Å²) in [6.07, 6.45) is -0.123. The van der Waals surface area contributed by atoms with Gasteiger partial charge in [0.1, 0.15) is 0 Å². The first-order chi connectivity index (χ1) is 10.9. The van der Waals surface area contributed by atoms with Crippen molar-refractivity contribution in [2.24, 2.45) is 0 Å². The summed E-state index contributed by atoms with van der Waals surface area (Å²) in [6.45, 7) is 2.40. The van der Waals surface area contributed by atoms with Crippen LogP contribution in [0.3, 0.4) is 0 Å². The normalized spacial score (nSPS) is 10.0. The van der Waals surface area contributed by atoms with Gasteiger partial charge in [-0.15, -0.1) is 0 Å². The maximum atomic E-state index is 11.9. The van der Waals surface area contributed by atoms with Gasteiger partial charge in [0.2, 0.25) is 5.91 Å². The second-order valence-corrected chi connectivity index (χ2v) is 5.22. The van der Waals surface area contributed by atoms with E-state index in [0.717, 1.165) is 5.56 Å². The molecule has 1 aromatic rings. The number of urea groups is 1. The number of rotatable bonds is 8. The zero-order chi connectivity index (χ0) is 17.2. The molecule has 1 rings (SSSR count). The van der Waals surface area contributed by atoms with Gasteiger partial charge in [-0.25, -0.2) is 4.79 Å². The Labute approximate surface area is 139 Å². The number of aliphatic carboxylic acids is 1. The van der Waals surface area contributed by atoms with Crippen molar-refractivity contribution < 1.29 is 19.5 Å². The summed E-state index contributed by atoms with van der Waals surface area (Å²) in [5, 5.41) is 14.3. The van der Waals surface area contributed by atoms with Gasteiger partial charge < -0.3 is 20.6 Å². The van der Waals surface area contributed by atoms with Crippen LogP contribution in [0, 0.1) is 0 Å². The van der Waals surface area contributed by atoms with Crippen LogP contribution >= 0.6 is 11.6 Å². The van der Waals surface area contributed by atoms with Gasteiger partial charge in [-0.1, -0.05) is 23.7 Å². The zero-order valence-corrected chi connectivity index (χ0v) is 13.6. The molecule has 0 atom stereocenters. The lowest BCUT2D eigenvalue weighted by Gasteiger charge is -2.20. The van der Waals surface area contributed by atoms with Crippen LogP contribution in [0.15, 0.2) is 24.3 Å². The van der Waals surface area contributed by atoms with Gasteiger partial charge in [-0.05, 0) is 24.6 Å². The van der Waals surface area contributed by atoms with Crippen LogP contribution in [0.25, 0.3) is 0 Å². The van der Waals surface area contributed by atoms with Crippen LogP contribution in [0.2, 0.25) is 5.02 Å². The van der Waals surface area contributed by atoms with E-state index < -0.39 is 12.0 Å². The SMILES string of the molecule is CCN(CCC(=O)O)C(=O)CNC(=O)NCc1ccc(Cl)cc1. The highest BCUT2D eigenvalue weighted by molar-refractivity contribution is 6.30. The fraction of sp³-hybridized carbons (Fsp3) is 0.400. The number of benzene rings is 1. The number of nitrogens with one attached hydrogen (secondary N) is 2. The fourth-order valence-corrected chi connectivity index (χ4v) is 1.93. The van der Waals surface area contributed by atoms with Crippen molar-refractivity contribution in [2.45, 2.75) is 19.9 Å². The van der Waals surface area contributed by atoms with Crippen molar-refractivity contribution in [3.8, 4) is 0 Å². The molecule has 3 N–H and O–H groups in total. The van der Waals surface area contributed by atoms with E-state index in [1.165, 1.54) is 4.90 Å². The molecular formula is C15H20ClN3O4. The first-order valence-electron chi connectivity index (χ1n) is 7.18. The first kappa shape index (κ1) is 18.8. The zero-order valence-electron chi connectivity index (χ0n) is 12.8. The molecule has 0 radical (unpaired) electrons. The molecule has 0 saturated carbocycles. The van der Waals surface area contributed by atoms with Gasteiger partial charge in [0.15, 0.2) is 0 Å². The summed E-state index contributed by atoms with van der Waals surface area (Å²) in [6, 6.07) is 6.56. The number of likely N-dealkylation sites (N-methyl/N-ethyl adjacent to an activating group) is 1. The minimum Gasteiger partial charge on any atom is -0.481 e. The van der Waals surface area contributed by atoms with Crippen molar-refractivity contribution in [3.05, 3.63) is 34.9 Å². The molecule has 0 unspecified atom stereocenters. The van der Waals surface area contributed by atoms with Gasteiger partial charge in [0, 0.05) is 24.7 Å². The van der Waals surface area contributed by atoms with Crippen LogP contribution in [0.5, 0.6) is 0 Å². The van der Waals surface area contributed by atoms with Crippen molar-refractivity contribution in [2.75, 3.05) is 19.6 Å². The number of hydrogen-bond acceptors (Lipinski definition) is 3. The molecule has 0 aliphatic carbocycles. The number of carboxylic acid groups (broad SMARTS) is 1. The first-order valence-corrected chi connectivity index (χ1v) is 7.56. The van der Waals surface area contributed by atoms with Crippen molar-refractivity contribution in [3.63, 3.8) is 0 Å². The second-order valence-electron chi connectivity index (χ2n) is 4.78. The summed E-state index contributed by atoms with van der Waals surface area (Å²) in [5.41, 5.74) is 0.882. The molecule has 0 fully saturated rings. The number of amides is 3. The summed E-state index contributed by atoms with van der Waals surface area (Å²) in [7, 11) is 0. The molecule has 0 heterocycles. The lowest BCUT2D eigenvalue weighted by molar-refractivity contribution is -0.138. The molecule has 0 bridgehead atoms. The van der Waals surface area contributed by atoms with E-state index in [0.29, 0.717) is 18.1 Å². The van der Waals surface area contributed by atoms with Crippen LogP contribution < -0.4 is 10.6 Å². The predicted octanol–water partition coefficient (Wildman–Crippen LogP) is 1.46. The van der Waals surface area contributed by atoms with E-state index in [9.17, 15) is 14.4 Å². The number of halogens is 1. The third kappa shape index (κ3) is 7.51. The third-order valence-corrected chi connectivity index (χ3v) is 3.35. The second kappa shape index (κ2) is 9.68. The summed E-state index contributed by atoms with van der Waals surface area (Å²) in [5.74, 6) is -1.29. The predicted molar refractivity (Wildman–Crippen MR) is 86.2 cm³/mol.